The Hall–Kier alpha value is -1.22. The SMILES string of the molecule is COc1ccc2c(c1)OC(CO)CC2. The summed E-state index contributed by atoms with van der Waals surface area (Å²) in [6.07, 6.45) is 1.79. The first kappa shape index (κ1) is 9.34. The lowest BCUT2D eigenvalue weighted by Gasteiger charge is -2.24. The summed E-state index contributed by atoms with van der Waals surface area (Å²) in [7, 11) is 1.63. The minimum Gasteiger partial charge on any atom is -0.497 e. The van der Waals surface area contributed by atoms with Gasteiger partial charge in [0.1, 0.15) is 17.6 Å². The van der Waals surface area contributed by atoms with Gasteiger partial charge in [0, 0.05) is 6.07 Å². The zero-order valence-corrected chi connectivity index (χ0v) is 8.19. The smallest absolute Gasteiger partial charge is 0.126 e. The molecule has 3 heteroatoms. The summed E-state index contributed by atoms with van der Waals surface area (Å²) in [6.45, 7) is 0.0800. The number of methoxy groups -OCH3 is 1. The lowest BCUT2D eigenvalue weighted by atomic mass is 10.0. The normalized spacial score (nSPS) is 19.7. The van der Waals surface area contributed by atoms with Crippen molar-refractivity contribution < 1.29 is 14.6 Å². The van der Waals surface area contributed by atoms with Crippen LogP contribution in [-0.4, -0.2) is 24.9 Å². The summed E-state index contributed by atoms with van der Waals surface area (Å²) in [6, 6.07) is 5.82. The number of aliphatic hydroxyl groups is 1. The molecule has 1 aromatic carbocycles. The predicted octanol–water partition coefficient (Wildman–Crippen LogP) is 1.38. The van der Waals surface area contributed by atoms with E-state index < -0.39 is 0 Å². The first-order valence-electron chi connectivity index (χ1n) is 4.78. The zero-order chi connectivity index (χ0) is 9.97. The Morgan fingerprint density at radius 1 is 1.57 bits per heavy atom. The fraction of sp³-hybridized carbons (Fsp3) is 0.455. The highest BCUT2D eigenvalue weighted by molar-refractivity contribution is 5.42. The molecule has 0 radical (unpaired) electrons. The van der Waals surface area contributed by atoms with E-state index in [-0.39, 0.29) is 12.7 Å². The summed E-state index contributed by atoms with van der Waals surface area (Å²) in [5.41, 5.74) is 1.19. The van der Waals surface area contributed by atoms with Gasteiger partial charge in [-0.25, -0.2) is 0 Å². The van der Waals surface area contributed by atoms with Gasteiger partial charge >= 0.3 is 0 Å². The molecule has 0 fully saturated rings. The molecule has 1 aliphatic rings. The first-order chi connectivity index (χ1) is 6.83. The predicted molar refractivity (Wildman–Crippen MR) is 52.8 cm³/mol. The van der Waals surface area contributed by atoms with Crippen LogP contribution in [0.4, 0.5) is 0 Å². The molecule has 0 spiro atoms. The average molecular weight is 194 g/mol. The van der Waals surface area contributed by atoms with Crippen LogP contribution in [0.5, 0.6) is 11.5 Å². The Balaban J connectivity index is 2.25. The maximum Gasteiger partial charge on any atom is 0.126 e. The molecule has 1 aliphatic heterocycles. The third-order valence-electron chi connectivity index (χ3n) is 2.51. The summed E-state index contributed by atoms with van der Waals surface area (Å²) in [5, 5.41) is 8.99. The summed E-state index contributed by atoms with van der Waals surface area (Å²) < 4.78 is 10.7. The van der Waals surface area contributed by atoms with Crippen LogP contribution in [0.1, 0.15) is 12.0 Å². The second-order valence-corrected chi connectivity index (χ2v) is 3.43. The number of fused-ring (bicyclic) bond motifs is 1. The Kier molecular flexibility index (Phi) is 2.59. The van der Waals surface area contributed by atoms with Gasteiger partial charge in [-0.2, -0.15) is 0 Å². The number of hydrogen-bond donors (Lipinski definition) is 1. The van der Waals surface area contributed by atoms with Crippen molar-refractivity contribution in [1.29, 1.82) is 0 Å². The lowest BCUT2D eigenvalue weighted by Crippen LogP contribution is -2.25. The molecular weight excluding hydrogens is 180 g/mol. The lowest BCUT2D eigenvalue weighted by molar-refractivity contribution is 0.0975. The van der Waals surface area contributed by atoms with Crippen molar-refractivity contribution in [1.82, 2.24) is 0 Å². The van der Waals surface area contributed by atoms with E-state index in [1.54, 1.807) is 7.11 Å². The molecular formula is C11H14O3. The van der Waals surface area contributed by atoms with Crippen molar-refractivity contribution in [2.45, 2.75) is 18.9 Å². The number of ether oxygens (including phenoxy) is 2. The molecule has 2 rings (SSSR count). The van der Waals surface area contributed by atoms with Crippen LogP contribution in [0.2, 0.25) is 0 Å². The molecule has 76 valence electrons. The molecule has 0 amide bonds. The van der Waals surface area contributed by atoms with Crippen molar-refractivity contribution in [2.75, 3.05) is 13.7 Å². The van der Waals surface area contributed by atoms with Crippen LogP contribution in [-0.2, 0) is 6.42 Å². The quantitative estimate of drug-likeness (QED) is 0.773. The molecule has 3 nitrogen and oxygen atoms in total. The van der Waals surface area contributed by atoms with Crippen molar-refractivity contribution in [3.05, 3.63) is 23.8 Å². The molecule has 0 saturated heterocycles. The first-order valence-corrected chi connectivity index (χ1v) is 4.78. The maximum atomic E-state index is 8.99. The second kappa shape index (κ2) is 3.88. The van der Waals surface area contributed by atoms with E-state index in [4.69, 9.17) is 14.6 Å². The third kappa shape index (κ3) is 1.68. The van der Waals surface area contributed by atoms with Gasteiger partial charge in [-0.1, -0.05) is 6.07 Å². The van der Waals surface area contributed by atoms with Crippen molar-refractivity contribution in [3.63, 3.8) is 0 Å². The number of benzene rings is 1. The largest absolute Gasteiger partial charge is 0.497 e. The Labute approximate surface area is 83.3 Å². The molecule has 14 heavy (non-hydrogen) atoms. The van der Waals surface area contributed by atoms with Gasteiger partial charge in [-0.05, 0) is 24.5 Å². The topological polar surface area (TPSA) is 38.7 Å². The van der Waals surface area contributed by atoms with E-state index in [2.05, 4.69) is 0 Å². The van der Waals surface area contributed by atoms with E-state index >= 15 is 0 Å². The van der Waals surface area contributed by atoms with Crippen LogP contribution in [0, 0.1) is 0 Å². The van der Waals surface area contributed by atoms with E-state index in [0.717, 1.165) is 24.3 Å². The zero-order valence-electron chi connectivity index (χ0n) is 8.19. The fourth-order valence-electron chi connectivity index (χ4n) is 1.66. The molecule has 0 saturated carbocycles. The van der Waals surface area contributed by atoms with E-state index in [0.29, 0.717) is 0 Å². The standard InChI is InChI=1S/C11H14O3/c1-13-9-4-2-8-3-5-10(7-12)14-11(8)6-9/h2,4,6,10,12H,3,5,7H2,1H3. The Morgan fingerprint density at radius 2 is 2.43 bits per heavy atom. The van der Waals surface area contributed by atoms with E-state index in [1.807, 2.05) is 18.2 Å². The Bertz CT molecular complexity index is 322. The highest BCUT2D eigenvalue weighted by Crippen LogP contribution is 2.30. The minimum absolute atomic E-state index is 0.0605. The molecule has 1 N–H and O–H groups in total. The average Bonchev–Trinajstić information content (AvgIpc) is 2.27. The highest BCUT2D eigenvalue weighted by atomic mass is 16.5. The number of aliphatic hydroxyl groups excluding tert-OH is 1. The Morgan fingerprint density at radius 3 is 3.14 bits per heavy atom. The second-order valence-electron chi connectivity index (χ2n) is 3.43. The molecule has 1 aromatic rings. The number of rotatable bonds is 2. The van der Waals surface area contributed by atoms with Crippen LogP contribution in [0.3, 0.4) is 0 Å². The van der Waals surface area contributed by atoms with Crippen molar-refractivity contribution in [2.24, 2.45) is 0 Å². The van der Waals surface area contributed by atoms with Crippen LogP contribution in [0.25, 0.3) is 0 Å². The molecule has 1 atom stereocenters. The van der Waals surface area contributed by atoms with Crippen LogP contribution < -0.4 is 9.47 Å². The van der Waals surface area contributed by atoms with Crippen LogP contribution in [0.15, 0.2) is 18.2 Å². The minimum atomic E-state index is -0.0605. The van der Waals surface area contributed by atoms with E-state index in [9.17, 15) is 0 Å². The van der Waals surface area contributed by atoms with Crippen LogP contribution >= 0.6 is 0 Å². The van der Waals surface area contributed by atoms with Gasteiger partial charge in [-0.3, -0.25) is 0 Å². The number of aryl methyl sites for hydroxylation is 1. The molecule has 0 aliphatic carbocycles. The number of hydrogen-bond acceptors (Lipinski definition) is 3. The van der Waals surface area contributed by atoms with Gasteiger partial charge in [0.05, 0.1) is 13.7 Å². The summed E-state index contributed by atoms with van der Waals surface area (Å²) >= 11 is 0. The van der Waals surface area contributed by atoms with Crippen molar-refractivity contribution in [3.8, 4) is 11.5 Å². The van der Waals surface area contributed by atoms with Gasteiger partial charge in [-0.15, -0.1) is 0 Å². The molecule has 1 unspecified atom stereocenters. The highest BCUT2D eigenvalue weighted by Gasteiger charge is 2.19. The molecule has 0 bridgehead atoms. The third-order valence-corrected chi connectivity index (χ3v) is 2.51. The summed E-state index contributed by atoms with van der Waals surface area (Å²) in [4.78, 5) is 0. The summed E-state index contributed by atoms with van der Waals surface area (Å²) in [5.74, 6) is 1.64. The maximum absolute atomic E-state index is 8.99. The van der Waals surface area contributed by atoms with E-state index in [1.165, 1.54) is 5.56 Å². The van der Waals surface area contributed by atoms with Gasteiger partial charge in [0.15, 0.2) is 0 Å². The fourth-order valence-corrected chi connectivity index (χ4v) is 1.66. The molecule has 0 aromatic heterocycles. The van der Waals surface area contributed by atoms with Gasteiger partial charge in [0.25, 0.3) is 0 Å². The van der Waals surface area contributed by atoms with Gasteiger partial charge < -0.3 is 14.6 Å². The monoisotopic (exact) mass is 194 g/mol. The van der Waals surface area contributed by atoms with Crippen molar-refractivity contribution >= 4 is 0 Å². The molecule has 1 heterocycles. The van der Waals surface area contributed by atoms with Gasteiger partial charge in [0.2, 0.25) is 0 Å².